The van der Waals surface area contributed by atoms with Crippen LogP contribution in [0.1, 0.15) is 102 Å². The molecular weight excluding hydrogens is 635 g/mol. The fourth-order valence-electron chi connectivity index (χ4n) is 9.44. The number of carbonyl (C=O) groups excluding carboxylic acids is 1. The summed E-state index contributed by atoms with van der Waals surface area (Å²) in [5.41, 5.74) is 12.9. The van der Waals surface area contributed by atoms with Crippen LogP contribution in [0.15, 0.2) is 24.3 Å². The van der Waals surface area contributed by atoms with Crippen LogP contribution in [-0.2, 0) is 36.5 Å². The molecule has 264 valence electrons. The number of nitrogens with two attached hydrogens (primary N) is 1. The summed E-state index contributed by atoms with van der Waals surface area (Å²) in [6, 6.07) is 10.2. The maximum absolute atomic E-state index is 14.5. The first kappa shape index (κ1) is 33.0. The topological polar surface area (TPSA) is 126 Å². The number of ether oxygens (including phenoxy) is 2. The van der Waals surface area contributed by atoms with Crippen LogP contribution in [0.25, 0.3) is 0 Å². The van der Waals surface area contributed by atoms with Crippen molar-refractivity contribution in [3.63, 3.8) is 0 Å². The van der Waals surface area contributed by atoms with Gasteiger partial charge in [0, 0.05) is 80.7 Å². The summed E-state index contributed by atoms with van der Waals surface area (Å²) in [5.74, 6) is 0.714. The Morgan fingerprint density at radius 2 is 2.08 bits per heavy atom. The van der Waals surface area contributed by atoms with Crippen molar-refractivity contribution in [1.29, 1.82) is 5.26 Å². The number of nitriles is 1. The molecule has 11 nitrogen and oxygen atoms in total. The number of fused-ring (bicyclic) bond motifs is 5. The zero-order valence-electron chi connectivity index (χ0n) is 29.4. The minimum absolute atomic E-state index is 0.117. The van der Waals surface area contributed by atoms with Gasteiger partial charge in [-0.25, -0.2) is 9.37 Å². The first-order chi connectivity index (χ1) is 24.1. The molecule has 50 heavy (non-hydrogen) atoms. The molecule has 2 saturated heterocycles. The van der Waals surface area contributed by atoms with Gasteiger partial charge in [0.25, 0.3) is 5.91 Å². The highest BCUT2D eigenvalue weighted by atomic mass is 19.1. The maximum Gasteiger partial charge on any atom is 0.273 e. The highest BCUT2D eigenvalue weighted by Crippen LogP contribution is 2.51. The molecule has 2 aromatic heterocycles. The molecule has 12 heteroatoms. The molecule has 1 unspecified atom stereocenters. The molecule has 0 bridgehead atoms. The minimum Gasteiger partial charge on any atom is -0.478 e. The van der Waals surface area contributed by atoms with E-state index in [9.17, 15) is 14.4 Å². The van der Waals surface area contributed by atoms with E-state index >= 15 is 0 Å². The predicted molar refractivity (Wildman–Crippen MR) is 187 cm³/mol. The third kappa shape index (κ3) is 5.50. The summed E-state index contributed by atoms with van der Waals surface area (Å²) in [7, 11) is 3.48. The summed E-state index contributed by atoms with van der Waals surface area (Å²) in [5, 5.41) is 14.9. The second-order valence-electron chi connectivity index (χ2n) is 15.3. The van der Waals surface area contributed by atoms with E-state index in [0.717, 1.165) is 85.4 Å². The van der Waals surface area contributed by atoms with Crippen LogP contribution in [0.4, 0.5) is 15.8 Å². The summed E-state index contributed by atoms with van der Waals surface area (Å²) < 4.78 is 29.9. The Morgan fingerprint density at radius 3 is 2.90 bits per heavy atom. The lowest BCUT2D eigenvalue weighted by Gasteiger charge is -2.45. The number of anilines is 2. The van der Waals surface area contributed by atoms with Gasteiger partial charge in [0.15, 0.2) is 5.69 Å². The highest BCUT2D eigenvalue weighted by molar-refractivity contribution is 5.92. The molecule has 1 aliphatic carbocycles. The summed E-state index contributed by atoms with van der Waals surface area (Å²) in [4.78, 5) is 24.2. The Morgan fingerprint density at radius 1 is 1.22 bits per heavy atom. The van der Waals surface area contributed by atoms with E-state index in [2.05, 4.69) is 34.0 Å². The molecule has 4 atom stereocenters. The molecule has 0 radical (unpaired) electrons. The van der Waals surface area contributed by atoms with Crippen molar-refractivity contribution in [2.45, 2.75) is 101 Å². The molecule has 3 aromatic rings. The largest absolute Gasteiger partial charge is 0.478 e. The molecule has 6 heterocycles. The van der Waals surface area contributed by atoms with Crippen molar-refractivity contribution >= 4 is 17.3 Å². The summed E-state index contributed by atoms with van der Waals surface area (Å²) in [6.45, 7) is 6.52. The molecular formula is C38H47FN8O3. The van der Waals surface area contributed by atoms with Gasteiger partial charge < -0.3 is 25.0 Å². The molecule has 8 rings (SSSR count). The SMILES string of the molecule is C[C@H]1CC[C@]2(Cc3nc(OCCC45CCCN4C[C@H](F)C5)cc(N4CCCn5nc(C(=O)N(C)C)cc5C4)c3CO2)c2c1ccc(N)c2C#N. The molecule has 5 aliphatic rings. The van der Waals surface area contributed by atoms with E-state index < -0.39 is 11.8 Å². The van der Waals surface area contributed by atoms with Crippen LogP contribution in [0.5, 0.6) is 5.88 Å². The molecule has 1 amide bonds. The van der Waals surface area contributed by atoms with Gasteiger partial charge in [-0.3, -0.25) is 14.4 Å². The van der Waals surface area contributed by atoms with E-state index in [1.54, 1.807) is 19.0 Å². The molecule has 4 aliphatic heterocycles. The van der Waals surface area contributed by atoms with Crippen molar-refractivity contribution in [1.82, 2.24) is 24.6 Å². The van der Waals surface area contributed by atoms with Crippen molar-refractivity contribution < 1.29 is 18.7 Å². The lowest BCUT2D eigenvalue weighted by atomic mass is 9.69. The Bertz CT molecular complexity index is 1870. The number of pyridine rings is 1. The lowest BCUT2D eigenvalue weighted by Crippen LogP contribution is -2.42. The average Bonchev–Trinajstić information content (AvgIpc) is 3.72. The van der Waals surface area contributed by atoms with Gasteiger partial charge in [-0.1, -0.05) is 13.0 Å². The number of nitrogen functional groups attached to an aromatic ring is 1. The van der Waals surface area contributed by atoms with Gasteiger partial charge in [-0.05, 0) is 68.7 Å². The van der Waals surface area contributed by atoms with Crippen molar-refractivity contribution in [3.8, 4) is 11.9 Å². The monoisotopic (exact) mass is 682 g/mol. The quantitative estimate of drug-likeness (QED) is 0.356. The number of hydrogen-bond acceptors (Lipinski definition) is 9. The maximum atomic E-state index is 14.5. The number of amides is 1. The summed E-state index contributed by atoms with van der Waals surface area (Å²) in [6.07, 6.45) is 5.68. The smallest absolute Gasteiger partial charge is 0.273 e. The normalized spacial score (nSPS) is 27.2. The van der Waals surface area contributed by atoms with Crippen molar-refractivity contribution in [2.75, 3.05) is 51.0 Å². The predicted octanol–water partition coefficient (Wildman–Crippen LogP) is 5.05. The van der Waals surface area contributed by atoms with Crippen LogP contribution in [0.2, 0.25) is 0 Å². The number of benzene rings is 1. The van der Waals surface area contributed by atoms with Crippen molar-refractivity contribution in [3.05, 3.63) is 63.6 Å². The Kier molecular flexibility index (Phi) is 8.26. The number of hydrogen-bond donors (Lipinski definition) is 1. The minimum atomic E-state index is -0.779. The number of carbonyl (C=O) groups is 1. The lowest BCUT2D eigenvalue weighted by molar-refractivity contribution is -0.0871. The van der Waals surface area contributed by atoms with E-state index in [1.807, 2.05) is 22.9 Å². The number of nitrogens with zero attached hydrogens (tertiary/aromatic N) is 7. The first-order valence-electron chi connectivity index (χ1n) is 18.1. The Balaban J connectivity index is 1.16. The number of aromatic nitrogens is 3. The van der Waals surface area contributed by atoms with Gasteiger partial charge in [-0.15, -0.1) is 0 Å². The molecule has 2 N–H and O–H groups in total. The number of alkyl halides is 1. The first-order valence-corrected chi connectivity index (χ1v) is 18.1. The van der Waals surface area contributed by atoms with Crippen molar-refractivity contribution in [2.24, 2.45) is 0 Å². The van der Waals surface area contributed by atoms with Gasteiger partial charge >= 0.3 is 0 Å². The van der Waals surface area contributed by atoms with Gasteiger partial charge in [0.1, 0.15) is 17.8 Å². The molecule has 1 spiro atoms. The standard InChI is InChI=1S/C38H47FN8O3/c1-24-8-10-38(35-27(24)6-7-30(41)28(35)20-40)19-32-29(23-50-38)33(45-12-5-14-47-26(22-45)16-31(43-47)36(48)44(2)3)17-34(42-32)49-15-11-37-9-4-13-46(37)21-25(39)18-37/h6-7,16-17,24-25H,4-5,8-15,18-19,21-23,41H2,1-3H3/t24-,25+,37?,38-/m0/s1. The van der Waals surface area contributed by atoms with Crippen LogP contribution in [0, 0.1) is 11.3 Å². The second kappa shape index (κ2) is 12.5. The van der Waals surface area contributed by atoms with Crippen LogP contribution in [-0.4, -0.2) is 82.5 Å². The zero-order valence-corrected chi connectivity index (χ0v) is 29.4. The van der Waals surface area contributed by atoms with Gasteiger partial charge in [0.05, 0.1) is 36.7 Å². The summed E-state index contributed by atoms with van der Waals surface area (Å²) >= 11 is 0. The van der Waals surface area contributed by atoms with Crippen LogP contribution in [0.3, 0.4) is 0 Å². The third-order valence-electron chi connectivity index (χ3n) is 12.0. The van der Waals surface area contributed by atoms with E-state index in [-0.39, 0.29) is 17.4 Å². The van der Waals surface area contributed by atoms with E-state index in [1.165, 1.54) is 0 Å². The molecule has 1 aromatic carbocycles. The molecule has 0 saturated carbocycles. The van der Waals surface area contributed by atoms with Gasteiger partial charge in [-0.2, -0.15) is 10.4 Å². The fourth-order valence-corrected chi connectivity index (χ4v) is 9.44. The van der Waals surface area contributed by atoms with Gasteiger partial charge in [0.2, 0.25) is 5.88 Å². The van der Waals surface area contributed by atoms with Crippen LogP contribution >= 0.6 is 0 Å². The Hall–Kier alpha value is -4.21. The fraction of sp³-hybridized carbons (Fsp3) is 0.579. The van der Waals surface area contributed by atoms with E-state index in [4.69, 9.17) is 20.2 Å². The van der Waals surface area contributed by atoms with Crippen LogP contribution < -0.4 is 15.4 Å². The van der Waals surface area contributed by atoms with E-state index in [0.29, 0.717) is 68.5 Å². The number of rotatable bonds is 6. The zero-order chi connectivity index (χ0) is 34.8. The number of aryl methyl sites for hydroxylation is 1. The highest BCUT2D eigenvalue weighted by Gasteiger charge is 2.49. The molecule has 2 fully saturated rings. The Labute approximate surface area is 293 Å². The number of halogens is 1. The second-order valence-corrected chi connectivity index (χ2v) is 15.3. The third-order valence-corrected chi connectivity index (χ3v) is 12.0. The average molecular weight is 683 g/mol.